The van der Waals surface area contributed by atoms with Gasteiger partial charge in [0, 0.05) is 17.7 Å². The van der Waals surface area contributed by atoms with Gasteiger partial charge in [0.1, 0.15) is 6.73 Å². The first-order chi connectivity index (χ1) is 11.5. The van der Waals surface area contributed by atoms with Crippen molar-refractivity contribution in [3.8, 4) is 0 Å². The van der Waals surface area contributed by atoms with E-state index in [9.17, 15) is 9.59 Å². The van der Waals surface area contributed by atoms with Crippen molar-refractivity contribution in [2.45, 2.75) is 32.2 Å². The molecule has 0 radical (unpaired) electrons. The van der Waals surface area contributed by atoms with E-state index < -0.39 is 11.7 Å². The maximum atomic E-state index is 11.7. The fourth-order valence-electron chi connectivity index (χ4n) is 4.04. The molecule has 0 saturated heterocycles. The van der Waals surface area contributed by atoms with Gasteiger partial charge in [-0.3, -0.25) is 10.1 Å². The summed E-state index contributed by atoms with van der Waals surface area (Å²) in [6.45, 7) is 4.15. The van der Waals surface area contributed by atoms with E-state index in [-0.39, 0.29) is 18.2 Å². The Hall–Kier alpha value is -2.34. The second-order valence-corrected chi connectivity index (χ2v) is 6.28. The molecule has 2 bridgehead atoms. The molecule has 0 fully saturated rings. The molecule has 6 heteroatoms. The Bertz CT molecular complexity index is 777. The van der Waals surface area contributed by atoms with Gasteiger partial charge in [-0.15, -0.1) is 0 Å². The van der Waals surface area contributed by atoms with Gasteiger partial charge >= 0.3 is 6.16 Å². The van der Waals surface area contributed by atoms with Gasteiger partial charge in [0.15, 0.2) is 0 Å². The Balaban J connectivity index is 2.05. The van der Waals surface area contributed by atoms with Gasteiger partial charge in [-0.25, -0.2) is 4.79 Å². The van der Waals surface area contributed by atoms with E-state index in [0.29, 0.717) is 0 Å². The molecule has 2 aliphatic rings. The largest absolute Gasteiger partial charge is 0.509 e. The molecule has 24 heavy (non-hydrogen) atoms. The summed E-state index contributed by atoms with van der Waals surface area (Å²) < 4.78 is 9.58. The van der Waals surface area contributed by atoms with Crippen molar-refractivity contribution in [1.29, 1.82) is 0 Å². The van der Waals surface area contributed by atoms with Crippen molar-refractivity contribution in [3.63, 3.8) is 0 Å². The quantitative estimate of drug-likeness (QED) is 0.505. The molecule has 1 heterocycles. The Morgan fingerprint density at radius 2 is 2.29 bits per heavy atom. The number of methoxy groups -OCH3 is 1. The van der Waals surface area contributed by atoms with Crippen LogP contribution in [0.3, 0.4) is 0 Å². The highest BCUT2D eigenvalue weighted by molar-refractivity contribution is 5.59. The van der Waals surface area contributed by atoms with Gasteiger partial charge < -0.3 is 14.5 Å². The fourth-order valence-corrected chi connectivity index (χ4v) is 4.04. The Kier molecular flexibility index (Phi) is 4.32. The van der Waals surface area contributed by atoms with E-state index in [1.807, 2.05) is 13.0 Å². The van der Waals surface area contributed by atoms with E-state index >= 15 is 0 Å². The first kappa shape index (κ1) is 16.5. The zero-order valence-corrected chi connectivity index (χ0v) is 14.1. The number of rotatable bonds is 3. The number of carbonyl (C=O) groups excluding carboxylic acids is 1. The number of hydrogen-bond donors (Lipinski definition) is 2. The molecule has 128 valence electrons. The minimum atomic E-state index is -0.724. The van der Waals surface area contributed by atoms with Crippen LogP contribution in [0.2, 0.25) is 0 Å². The lowest BCUT2D eigenvalue weighted by Gasteiger charge is -2.48. The van der Waals surface area contributed by atoms with E-state index in [4.69, 9.17) is 4.74 Å². The molecule has 0 saturated carbocycles. The standard InChI is InChI=1S/C18H22N2O4/c1-4-13-12-7-11(2)9-18(13,19-10-24-17(22)23-3)14-5-6-16(21)20-15(14)8-12/h4-7,12,19H,8-10H2,1-3H3,(H,20,21). The monoisotopic (exact) mass is 330 g/mol. The lowest BCUT2D eigenvalue weighted by atomic mass is 9.63. The third kappa shape index (κ3) is 2.67. The number of H-pyrrole nitrogens is 1. The van der Waals surface area contributed by atoms with Crippen molar-refractivity contribution in [2.24, 2.45) is 5.92 Å². The van der Waals surface area contributed by atoms with Gasteiger partial charge in [0.2, 0.25) is 5.56 Å². The van der Waals surface area contributed by atoms with Gasteiger partial charge in [-0.05, 0) is 43.9 Å². The zero-order chi connectivity index (χ0) is 17.3. The lowest BCUT2D eigenvalue weighted by molar-refractivity contribution is 0.0571. The average Bonchev–Trinajstić information content (AvgIpc) is 2.53. The van der Waals surface area contributed by atoms with Crippen molar-refractivity contribution < 1.29 is 14.3 Å². The smallest absolute Gasteiger partial charge is 0.438 e. The van der Waals surface area contributed by atoms with Crippen LogP contribution in [-0.2, 0) is 21.4 Å². The van der Waals surface area contributed by atoms with Crippen LogP contribution in [-0.4, -0.2) is 25.0 Å². The minimum Gasteiger partial charge on any atom is -0.438 e. The molecule has 1 aromatic rings. The number of fused-ring (bicyclic) bond motifs is 4. The molecule has 3 rings (SSSR count). The molecule has 2 unspecified atom stereocenters. The van der Waals surface area contributed by atoms with Crippen molar-refractivity contribution in [1.82, 2.24) is 10.3 Å². The predicted octanol–water partition coefficient (Wildman–Crippen LogP) is 2.37. The molecule has 0 aromatic carbocycles. The maximum absolute atomic E-state index is 11.7. The number of hydrogen-bond acceptors (Lipinski definition) is 5. The second-order valence-electron chi connectivity index (χ2n) is 6.28. The van der Waals surface area contributed by atoms with Crippen LogP contribution in [0.1, 0.15) is 31.5 Å². The van der Waals surface area contributed by atoms with Crippen LogP contribution in [0.15, 0.2) is 40.2 Å². The number of allylic oxidation sites excluding steroid dienone is 2. The average molecular weight is 330 g/mol. The molecular formula is C18H22N2O4. The summed E-state index contributed by atoms with van der Waals surface area (Å²) in [6.07, 6.45) is 5.17. The number of pyridine rings is 1. The highest BCUT2D eigenvalue weighted by atomic mass is 16.7. The molecule has 2 aliphatic carbocycles. The normalized spacial score (nSPS) is 26.5. The van der Waals surface area contributed by atoms with Crippen LogP contribution < -0.4 is 10.9 Å². The fraction of sp³-hybridized carbons (Fsp3) is 0.444. The Morgan fingerprint density at radius 1 is 1.50 bits per heavy atom. The van der Waals surface area contributed by atoms with Crippen molar-refractivity contribution >= 4 is 6.16 Å². The van der Waals surface area contributed by atoms with Gasteiger partial charge in [-0.1, -0.05) is 17.7 Å². The third-order valence-corrected chi connectivity index (χ3v) is 4.85. The maximum Gasteiger partial charge on any atom is 0.509 e. The van der Waals surface area contributed by atoms with Crippen LogP contribution in [0.5, 0.6) is 0 Å². The Morgan fingerprint density at radius 3 is 3.00 bits per heavy atom. The molecule has 6 nitrogen and oxygen atoms in total. The first-order valence-electron chi connectivity index (χ1n) is 8.02. The highest BCUT2D eigenvalue weighted by Gasteiger charge is 2.46. The summed E-state index contributed by atoms with van der Waals surface area (Å²) >= 11 is 0. The molecule has 2 N–H and O–H groups in total. The van der Waals surface area contributed by atoms with Crippen molar-refractivity contribution in [2.75, 3.05) is 13.8 Å². The number of aromatic amines is 1. The Labute approximate surface area is 140 Å². The molecule has 0 amide bonds. The number of aromatic nitrogens is 1. The van der Waals surface area contributed by atoms with E-state index in [1.54, 1.807) is 6.07 Å². The first-order valence-corrected chi connectivity index (χ1v) is 8.02. The third-order valence-electron chi connectivity index (χ3n) is 4.85. The van der Waals surface area contributed by atoms with Crippen LogP contribution in [0, 0.1) is 5.92 Å². The van der Waals surface area contributed by atoms with Gasteiger partial charge in [-0.2, -0.15) is 0 Å². The van der Waals surface area contributed by atoms with Gasteiger partial charge in [0.25, 0.3) is 0 Å². The minimum absolute atomic E-state index is 0.0303. The molecule has 0 spiro atoms. The summed E-state index contributed by atoms with van der Waals surface area (Å²) in [6, 6.07) is 3.42. The predicted molar refractivity (Wildman–Crippen MR) is 89.6 cm³/mol. The van der Waals surface area contributed by atoms with Crippen LogP contribution >= 0.6 is 0 Å². The summed E-state index contributed by atoms with van der Waals surface area (Å²) in [5.74, 6) is 0.222. The van der Waals surface area contributed by atoms with Crippen LogP contribution in [0.25, 0.3) is 0 Å². The zero-order valence-electron chi connectivity index (χ0n) is 14.1. The van der Waals surface area contributed by atoms with E-state index in [0.717, 1.165) is 24.1 Å². The molecule has 1 aromatic heterocycles. The highest BCUT2D eigenvalue weighted by Crippen LogP contribution is 2.49. The molecular weight excluding hydrogens is 308 g/mol. The number of ether oxygens (including phenoxy) is 2. The van der Waals surface area contributed by atoms with Crippen LogP contribution in [0.4, 0.5) is 4.79 Å². The number of nitrogens with one attached hydrogen (secondary N) is 2. The van der Waals surface area contributed by atoms with Crippen molar-refractivity contribution in [3.05, 3.63) is 57.0 Å². The molecule has 0 aliphatic heterocycles. The summed E-state index contributed by atoms with van der Waals surface area (Å²) in [5, 5.41) is 3.38. The number of carbonyl (C=O) groups is 1. The topological polar surface area (TPSA) is 80.4 Å². The van der Waals surface area contributed by atoms with Gasteiger partial charge in [0.05, 0.1) is 12.6 Å². The van der Waals surface area contributed by atoms with E-state index in [1.165, 1.54) is 18.3 Å². The molecule has 2 atom stereocenters. The SMILES string of the molecule is CC=C1C2C=C(C)CC1(NCOC(=O)OC)c1ccc(=O)[nH]c1C2. The lowest BCUT2D eigenvalue weighted by Crippen LogP contribution is -2.52. The summed E-state index contributed by atoms with van der Waals surface area (Å²) in [4.78, 5) is 26.0. The second kappa shape index (κ2) is 6.28. The summed E-state index contributed by atoms with van der Waals surface area (Å²) in [5.41, 5.74) is 3.90. The van der Waals surface area contributed by atoms with E-state index in [2.05, 4.69) is 34.1 Å². The summed E-state index contributed by atoms with van der Waals surface area (Å²) in [7, 11) is 1.28.